The predicted octanol–water partition coefficient (Wildman–Crippen LogP) is 2.59. The molecule has 3 rings (SSSR count). The maximum atomic E-state index is 5.44. The molecular weight excluding hydrogens is 276 g/mol. The van der Waals surface area contributed by atoms with E-state index in [0.29, 0.717) is 0 Å². The van der Waals surface area contributed by atoms with Crippen LogP contribution in [0.1, 0.15) is 36.8 Å². The molecule has 0 bridgehead atoms. The van der Waals surface area contributed by atoms with E-state index >= 15 is 0 Å². The van der Waals surface area contributed by atoms with Crippen molar-refractivity contribution in [3.63, 3.8) is 0 Å². The van der Waals surface area contributed by atoms with E-state index in [1.165, 1.54) is 49.9 Å². The Morgan fingerprint density at radius 1 is 1.14 bits per heavy atom. The Labute approximate surface area is 133 Å². The van der Waals surface area contributed by atoms with Gasteiger partial charge in [0.25, 0.3) is 0 Å². The van der Waals surface area contributed by atoms with E-state index < -0.39 is 0 Å². The predicted molar refractivity (Wildman–Crippen MR) is 88.8 cm³/mol. The van der Waals surface area contributed by atoms with Crippen molar-refractivity contribution in [3.05, 3.63) is 23.3 Å². The summed E-state index contributed by atoms with van der Waals surface area (Å²) in [6.07, 6.45) is 6.44. The van der Waals surface area contributed by atoms with Gasteiger partial charge in [-0.3, -0.25) is 4.90 Å². The van der Waals surface area contributed by atoms with Gasteiger partial charge in [-0.1, -0.05) is 6.42 Å². The van der Waals surface area contributed by atoms with Crippen LogP contribution in [0.3, 0.4) is 0 Å². The van der Waals surface area contributed by atoms with Gasteiger partial charge in [0.2, 0.25) is 0 Å². The molecule has 2 heterocycles. The zero-order valence-electron chi connectivity index (χ0n) is 13.9. The molecule has 0 amide bonds. The van der Waals surface area contributed by atoms with Crippen molar-refractivity contribution in [2.24, 2.45) is 0 Å². The van der Waals surface area contributed by atoms with Crippen LogP contribution in [-0.2, 0) is 13.0 Å². The number of piperidine rings is 1. The normalized spacial score (nSPS) is 22.2. The van der Waals surface area contributed by atoms with Crippen molar-refractivity contribution < 1.29 is 9.47 Å². The Balaban J connectivity index is 1.60. The molecule has 0 spiro atoms. The molecule has 4 nitrogen and oxygen atoms in total. The van der Waals surface area contributed by atoms with E-state index in [9.17, 15) is 0 Å². The molecule has 1 aromatic rings. The van der Waals surface area contributed by atoms with Gasteiger partial charge >= 0.3 is 0 Å². The van der Waals surface area contributed by atoms with Gasteiger partial charge in [0.1, 0.15) is 0 Å². The van der Waals surface area contributed by atoms with Gasteiger partial charge in [0.15, 0.2) is 11.5 Å². The molecule has 1 atom stereocenters. The molecule has 0 aliphatic carbocycles. The number of hydrogen-bond donors (Lipinski definition) is 1. The highest BCUT2D eigenvalue weighted by Crippen LogP contribution is 2.33. The molecule has 22 heavy (non-hydrogen) atoms. The zero-order chi connectivity index (χ0) is 15.4. The van der Waals surface area contributed by atoms with Crippen LogP contribution < -0.4 is 14.8 Å². The molecule has 0 saturated carbocycles. The maximum Gasteiger partial charge on any atom is 0.161 e. The third-order valence-electron chi connectivity index (χ3n) is 5.00. The van der Waals surface area contributed by atoms with Crippen LogP contribution in [0.4, 0.5) is 0 Å². The molecule has 0 unspecified atom stereocenters. The molecule has 0 aromatic heterocycles. The zero-order valence-corrected chi connectivity index (χ0v) is 13.9. The topological polar surface area (TPSA) is 33.7 Å². The maximum absolute atomic E-state index is 5.44. The molecule has 4 heteroatoms. The van der Waals surface area contributed by atoms with Crippen LogP contribution in [0.25, 0.3) is 0 Å². The van der Waals surface area contributed by atoms with Crippen LogP contribution >= 0.6 is 0 Å². The lowest BCUT2D eigenvalue weighted by Gasteiger charge is -2.31. The quantitative estimate of drug-likeness (QED) is 0.906. The SMILES string of the molecule is COc1cc2c(cc1OC)CN(CC[C@@H]1CCCCN1)CC2. The molecule has 2 aliphatic heterocycles. The first-order chi connectivity index (χ1) is 10.8. The number of methoxy groups -OCH3 is 2. The molecule has 0 radical (unpaired) electrons. The first-order valence-corrected chi connectivity index (χ1v) is 8.49. The number of ether oxygens (including phenoxy) is 2. The van der Waals surface area contributed by atoms with Crippen molar-refractivity contribution in [2.75, 3.05) is 33.9 Å². The summed E-state index contributed by atoms with van der Waals surface area (Å²) in [4.78, 5) is 2.57. The third-order valence-corrected chi connectivity index (χ3v) is 5.00. The summed E-state index contributed by atoms with van der Waals surface area (Å²) >= 11 is 0. The average Bonchev–Trinajstić information content (AvgIpc) is 2.59. The monoisotopic (exact) mass is 304 g/mol. The summed E-state index contributed by atoms with van der Waals surface area (Å²) in [7, 11) is 3.41. The second-order valence-corrected chi connectivity index (χ2v) is 6.44. The lowest BCUT2D eigenvalue weighted by molar-refractivity contribution is 0.229. The Bertz CT molecular complexity index is 498. The van der Waals surface area contributed by atoms with Gasteiger partial charge < -0.3 is 14.8 Å². The van der Waals surface area contributed by atoms with E-state index in [2.05, 4.69) is 22.3 Å². The lowest BCUT2D eigenvalue weighted by Crippen LogP contribution is -2.39. The van der Waals surface area contributed by atoms with E-state index in [4.69, 9.17) is 9.47 Å². The smallest absolute Gasteiger partial charge is 0.161 e. The Morgan fingerprint density at radius 2 is 1.91 bits per heavy atom. The average molecular weight is 304 g/mol. The molecule has 122 valence electrons. The van der Waals surface area contributed by atoms with Gasteiger partial charge in [-0.15, -0.1) is 0 Å². The van der Waals surface area contributed by atoms with E-state index in [1.54, 1.807) is 14.2 Å². The number of nitrogens with one attached hydrogen (secondary N) is 1. The second kappa shape index (κ2) is 7.34. The minimum absolute atomic E-state index is 0.723. The first-order valence-electron chi connectivity index (χ1n) is 8.49. The summed E-state index contributed by atoms with van der Waals surface area (Å²) in [5, 5.41) is 3.65. The highest BCUT2D eigenvalue weighted by molar-refractivity contribution is 5.48. The van der Waals surface area contributed by atoms with Crippen molar-refractivity contribution >= 4 is 0 Å². The lowest BCUT2D eigenvalue weighted by atomic mass is 9.97. The molecule has 1 aromatic carbocycles. The van der Waals surface area contributed by atoms with Crippen LogP contribution in [0, 0.1) is 0 Å². The fraction of sp³-hybridized carbons (Fsp3) is 0.667. The summed E-state index contributed by atoms with van der Waals surface area (Å²) in [5.74, 6) is 1.69. The number of benzene rings is 1. The largest absolute Gasteiger partial charge is 0.493 e. The van der Waals surface area contributed by atoms with Crippen molar-refractivity contribution in [2.45, 2.75) is 44.7 Å². The van der Waals surface area contributed by atoms with Gasteiger partial charge in [-0.05, 0) is 62.0 Å². The van der Waals surface area contributed by atoms with E-state index in [-0.39, 0.29) is 0 Å². The van der Waals surface area contributed by atoms with Crippen LogP contribution in [0.15, 0.2) is 12.1 Å². The highest BCUT2D eigenvalue weighted by Gasteiger charge is 2.20. The van der Waals surface area contributed by atoms with Crippen LogP contribution in [0.5, 0.6) is 11.5 Å². The molecule has 1 fully saturated rings. The minimum atomic E-state index is 0.723. The van der Waals surface area contributed by atoms with Crippen LogP contribution in [-0.4, -0.2) is 44.8 Å². The Kier molecular flexibility index (Phi) is 5.21. The van der Waals surface area contributed by atoms with Gasteiger partial charge in [-0.2, -0.15) is 0 Å². The second-order valence-electron chi connectivity index (χ2n) is 6.44. The fourth-order valence-electron chi connectivity index (χ4n) is 3.64. The summed E-state index contributed by atoms with van der Waals surface area (Å²) in [5.41, 5.74) is 2.80. The van der Waals surface area contributed by atoms with Crippen molar-refractivity contribution in [3.8, 4) is 11.5 Å². The Morgan fingerprint density at radius 3 is 2.59 bits per heavy atom. The molecule has 2 aliphatic rings. The number of hydrogen-bond acceptors (Lipinski definition) is 4. The number of rotatable bonds is 5. The summed E-state index contributed by atoms with van der Waals surface area (Å²) in [6, 6.07) is 5.02. The number of fused-ring (bicyclic) bond motifs is 1. The molecule has 1 N–H and O–H groups in total. The number of nitrogens with zero attached hydrogens (tertiary/aromatic N) is 1. The van der Waals surface area contributed by atoms with Gasteiger partial charge in [0.05, 0.1) is 14.2 Å². The van der Waals surface area contributed by atoms with Gasteiger partial charge in [-0.25, -0.2) is 0 Å². The highest BCUT2D eigenvalue weighted by atomic mass is 16.5. The first kappa shape index (κ1) is 15.6. The standard InChI is InChI=1S/C18H28N2O2/c1-21-17-11-14-6-9-20(13-15(14)12-18(17)22-2)10-7-16-5-3-4-8-19-16/h11-12,16,19H,3-10,13H2,1-2H3/t16-/m0/s1. The van der Waals surface area contributed by atoms with Gasteiger partial charge in [0, 0.05) is 19.1 Å². The molecule has 1 saturated heterocycles. The van der Waals surface area contributed by atoms with Crippen molar-refractivity contribution in [1.82, 2.24) is 10.2 Å². The third kappa shape index (κ3) is 3.55. The summed E-state index contributed by atoms with van der Waals surface area (Å²) < 4.78 is 10.8. The Hall–Kier alpha value is -1.26. The van der Waals surface area contributed by atoms with Crippen LogP contribution in [0.2, 0.25) is 0 Å². The van der Waals surface area contributed by atoms with E-state index in [1.807, 2.05) is 0 Å². The molecular formula is C18H28N2O2. The minimum Gasteiger partial charge on any atom is -0.493 e. The fourth-order valence-corrected chi connectivity index (χ4v) is 3.64. The van der Waals surface area contributed by atoms with Crippen molar-refractivity contribution in [1.29, 1.82) is 0 Å². The summed E-state index contributed by atoms with van der Waals surface area (Å²) in [6.45, 7) is 4.56. The van der Waals surface area contributed by atoms with E-state index in [0.717, 1.165) is 37.1 Å².